The van der Waals surface area contributed by atoms with E-state index >= 15 is 0 Å². The smallest absolute Gasteiger partial charge is 0.413 e. The summed E-state index contributed by atoms with van der Waals surface area (Å²) < 4.78 is 5.15. The van der Waals surface area contributed by atoms with Crippen LogP contribution in [-0.2, 0) is 4.74 Å². The van der Waals surface area contributed by atoms with Gasteiger partial charge in [0.25, 0.3) is 5.69 Å². The van der Waals surface area contributed by atoms with Crippen LogP contribution in [0.2, 0.25) is 0 Å². The highest BCUT2D eigenvalue weighted by molar-refractivity contribution is 6.01. The number of carbonyl (C=O) groups is 2. The first kappa shape index (κ1) is 21.5. The molecule has 0 spiro atoms. The minimum atomic E-state index is -0.693. The minimum Gasteiger partial charge on any atom is -0.444 e. The van der Waals surface area contributed by atoms with Crippen LogP contribution in [-0.4, -0.2) is 39.7 Å². The Bertz CT molecular complexity index is 941. The van der Waals surface area contributed by atoms with E-state index in [2.05, 4.69) is 20.6 Å². The zero-order valence-electron chi connectivity index (χ0n) is 16.7. The van der Waals surface area contributed by atoms with Gasteiger partial charge in [0.15, 0.2) is 0 Å². The molecular weight excluding hydrogens is 380 g/mol. The highest BCUT2D eigenvalue weighted by atomic mass is 16.6. The molecule has 0 aliphatic carbocycles. The quantitative estimate of drug-likeness (QED) is 0.587. The maximum Gasteiger partial charge on any atom is 0.413 e. The van der Waals surface area contributed by atoms with E-state index in [9.17, 15) is 19.7 Å². The van der Waals surface area contributed by atoms with E-state index < -0.39 is 22.6 Å². The van der Waals surface area contributed by atoms with Crippen LogP contribution in [0.4, 0.5) is 32.6 Å². The molecule has 0 bridgehead atoms. The third-order valence-electron chi connectivity index (χ3n) is 3.60. The lowest BCUT2D eigenvalue weighted by atomic mass is 10.2. The van der Waals surface area contributed by atoms with Crippen LogP contribution >= 0.6 is 0 Å². The number of amides is 3. The summed E-state index contributed by atoms with van der Waals surface area (Å²) in [5, 5.41) is 16.0. The Morgan fingerprint density at radius 1 is 1.17 bits per heavy atom. The van der Waals surface area contributed by atoms with Crippen LogP contribution in [0.3, 0.4) is 0 Å². The fourth-order valence-corrected chi connectivity index (χ4v) is 2.17. The molecule has 0 aliphatic rings. The number of non-ortho nitro benzene ring substituents is 1. The van der Waals surface area contributed by atoms with Gasteiger partial charge in [0.2, 0.25) is 0 Å². The minimum absolute atomic E-state index is 0.139. The van der Waals surface area contributed by atoms with Gasteiger partial charge in [0.1, 0.15) is 23.6 Å². The first-order valence-corrected chi connectivity index (χ1v) is 8.58. The van der Waals surface area contributed by atoms with Gasteiger partial charge in [-0.25, -0.2) is 19.6 Å². The molecule has 11 heteroatoms. The van der Waals surface area contributed by atoms with Crippen LogP contribution in [0.25, 0.3) is 0 Å². The Morgan fingerprint density at radius 2 is 1.86 bits per heavy atom. The summed E-state index contributed by atoms with van der Waals surface area (Å²) in [4.78, 5) is 43.9. The molecule has 0 saturated carbocycles. The van der Waals surface area contributed by atoms with E-state index in [1.165, 1.54) is 36.5 Å². The third-order valence-corrected chi connectivity index (χ3v) is 3.60. The number of urea groups is 1. The number of nitro benzene ring substituents is 1. The number of carbonyl (C=O) groups excluding carboxylic acids is 2. The second-order valence-electron chi connectivity index (χ2n) is 7.13. The molecular formula is C18H22N6O5. The molecule has 0 aliphatic heterocycles. The SMILES string of the molecule is Cc1ccc([N+](=O)[O-])cc1NC(=O)N(C)c1cc(NC(=O)OC(C)(C)C)ncn1. The number of nitrogens with one attached hydrogen (secondary N) is 2. The Kier molecular flexibility index (Phi) is 6.32. The summed E-state index contributed by atoms with van der Waals surface area (Å²) in [6.45, 7) is 6.90. The molecule has 2 aromatic rings. The molecule has 3 amide bonds. The van der Waals surface area contributed by atoms with Crippen molar-refractivity contribution in [3.8, 4) is 0 Å². The number of hydrogen-bond acceptors (Lipinski definition) is 7. The van der Waals surface area contributed by atoms with Gasteiger partial charge in [0.05, 0.1) is 10.6 Å². The maximum atomic E-state index is 12.5. The van der Waals surface area contributed by atoms with Crippen LogP contribution in [0.5, 0.6) is 0 Å². The molecule has 1 aromatic heterocycles. The monoisotopic (exact) mass is 402 g/mol. The molecule has 0 atom stereocenters. The lowest BCUT2D eigenvalue weighted by Gasteiger charge is -2.20. The number of hydrogen-bond donors (Lipinski definition) is 2. The summed E-state index contributed by atoms with van der Waals surface area (Å²) in [7, 11) is 1.46. The molecule has 0 radical (unpaired) electrons. The van der Waals surface area contributed by atoms with Crippen LogP contribution in [0.1, 0.15) is 26.3 Å². The molecule has 154 valence electrons. The van der Waals surface area contributed by atoms with Crippen molar-refractivity contribution in [2.45, 2.75) is 33.3 Å². The normalized spacial score (nSPS) is 10.8. The Hall–Kier alpha value is -3.76. The van der Waals surface area contributed by atoms with Crippen molar-refractivity contribution >= 4 is 35.1 Å². The number of anilines is 3. The molecule has 2 rings (SSSR count). The third kappa shape index (κ3) is 6.13. The molecule has 29 heavy (non-hydrogen) atoms. The number of nitrogens with zero attached hydrogens (tertiary/aromatic N) is 4. The largest absolute Gasteiger partial charge is 0.444 e. The number of benzene rings is 1. The molecule has 11 nitrogen and oxygen atoms in total. The Morgan fingerprint density at radius 3 is 2.48 bits per heavy atom. The average molecular weight is 402 g/mol. The van der Waals surface area contributed by atoms with Gasteiger partial charge in [-0.15, -0.1) is 0 Å². The molecule has 2 N–H and O–H groups in total. The van der Waals surface area contributed by atoms with E-state index in [-0.39, 0.29) is 17.3 Å². The Labute approximate surface area is 167 Å². The number of ether oxygens (including phenoxy) is 1. The number of aromatic nitrogens is 2. The number of aryl methyl sites for hydroxylation is 1. The second kappa shape index (κ2) is 8.50. The van der Waals surface area contributed by atoms with E-state index in [1.807, 2.05) is 0 Å². The van der Waals surface area contributed by atoms with Crippen molar-refractivity contribution in [2.24, 2.45) is 0 Å². The number of nitro groups is 1. The van der Waals surface area contributed by atoms with E-state index in [1.54, 1.807) is 33.8 Å². The van der Waals surface area contributed by atoms with E-state index in [0.29, 0.717) is 11.3 Å². The van der Waals surface area contributed by atoms with E-state index in [4.69, 9.17) is 4.74 Å². The molecule has 1 heterocycles. The zero-order chi connectivity index (χ0) is 21.8. The van der Waals surface area contributed by atoms with Crippen molar-refractivity contribution in [3.63, 3.8) is 0 Å². The molecule has 0 fully saturated rings. The average Bonchev–Trinajstić information content (AvgIpc) is 2.61. The molecule has 0 saturated heterocycles. The predicted molar refractivity (Wildman–Crippen MR) is 107 cm³/mol. The number of rotatable bonds is 4. The highest BCUT2D eigenvalue weighted by Crippen LogP contribution is 2.23. The maximum absolute atomic E-state index is 12.5. The van der Waals surface area contributed by atoms with Gasteiger partial charge in [0, 0.05) is 25.2 Å². The van der Waals surface area contributed by atoms with Gasteiger partial charge in [-0.1, -0.05) is 6.07 Å². The lowest BCUT2D eigenvalue weighted by Crippen LogP contribution is -2.32. The predicted octanol–water partition coefficient (Wildman–Crippen LogP) is 3.71. The summed E-state index contributed by atoms with van der Waals surface area (Å²) in [6, 6.07) is 4.99. The zero-order valence-corrected chi connectivity index (χ0v) is 16.7. The summed E-state index contributed by atoms with van der Waals surface area (Å²) in [5.74, 6) is 0.349. The van der Waals surface area contributed by atoms with Crippen LogP contribution in [0.15, 0.2) is 30.6 Å². The van der Waals surface area contributed by atoms with Gasteiger partial charge < -0.3 is 10.1 Å². The van der Waals surface area contributed by atoms with Crippen molar-refractivity contribution in [1.29, 1.82) is 0 Å². The Balaban J connectivity index is 2.13. The first-order valence-electron chi connectivity index (χ1n) is 8.58. The molecule has 0 unspecified atom stereocenters. The van der Waals surface area contributed by atoms with Gasteiger partial charge in [-0.2, -0.15) is 0 Å². The van der Waals surface area contributed by atoms with Crippen molar-refractivity contribution in [2.75, 3.05) is 22.6 Å². The van der Waals surface area contributed by atoms with Crippen molar-refractivity contribution in [1.82, 2.24) is 9.97 Å². The summed E-state index contributed by atoms with van der Waals surface area (Å²) in [6.07, 6.45) is 0.492. The van der Waals surface area contributed by atoms with Gasteiger partial charge in [-0.05, 0) is 33.3 Å². The highest BCUT2D eigenvalue weighted by Gasteiger charge is 2.19. The van der Waals surface area contributed by atoms with Gasteiger partial charge >= 0.3 is 12.1 Å². The van der Waals surface area contributed by atoms with Crippen LogP contribution in [0, 0.1) is 17.0 Å². The standard InChI is InChI=1S/C18H22N6O5/c1-11-6-7-12(24(27)28)8-13(11)21-16(25)23(5)15-9-14(19-10-20-15)22-17(26)29-18(2,3)4/h6-10H,1-5H3,(H,21,25)(H,19,20,22,26). The van der Waals surface area contributed by atoms with E-state index in [0.717, 1.165) is 0 Å². The van der Waals surface area contributed by atoms with Crippen LogP contribution < -0.4 is 15.5 Å². The lowest BCUT2D eigenvalue weighted by molar-refractivity contribution is -0.384. The van der Waals surface area contributed by atoms with Gasteiger partial charge in [-0.3, -0.25) is 20.3 Å². The fraction of sp³-hybridized carbons (Fsp3) is 0.333. The topological polar surface area (TPSA) is 140 Å². The van der Waals surface area contributed by atoms with Crippen molar-refractivity contribution < 1.29 is 19.2 Å². The second-order valence-corrected chi connectivity index (χ2v) is 7.13. The fourth-order valence-electron chi connectivity index (χ4n) is 2.17. The summed E-state index contributed by atoms with van der Waals surface area (Å²) in [5.41, 5.74) is 0.149. The molecule has 1 aromatic carbocycles. The van der Waals surface area contributed by atoms with Crippen molar-refractivity contribution in [3.05, 3.63) is 46.3 Å². The summed E-state index contributed by atoms with van der Waals surface area (Å²) >= 11 is 0. The first-order chi connectivity index (χ1) is 13.5.